The van der Waals surface area contributed by atoms with Gasteiger partial charge in [-0.15, -0.1) is 0 Å². The van der Waals surface area contributed by atoms with Crippen molar-refractivity contribution in [2.45, 2.75) is 76.9 Å². The monoisotopic (exact) mass is 345 g/mol. The Balaban J connectivity index is 2.60. The summed E-state index contributed by atoms with van der Waals surface area (Å²) in [5, 5.41) is 10.3. The van der Waals surface area contributed by atoms with E-state index in [1.165, 1.54) is 0 Å². The van der Waals surface area contributed by atoms with E-state index < -0.39 is 11.7 Å². The summed E-state index contributed by atoms with van der Waals surface area (Å²) in [6.07, 6.45) is 13.1. The molecule has 0 saturated heterocycles. The van der Waals surface area contributed by atoms with Crippen LogP contribution in [0, 0.1) is 19.3 Å². The first-order valence-corrected chi connectivity index (χ1v) is 9.54. The minimum atomic E-state index is -0.655. The number of unbranched alkanes of at least 4 members (excludes halogenated alkanes) is 4. The molecule has 1 rings (SSSR count). The molecule has 0 aliphatic heterocycles. The predicted octanol–water partition coefficient (Wildman–Crippen LogP) is 5.41. The molecule has 0 saturated carbocycles. The lowest BCUT2D eigenvalue weighted by Crippen LogP contribution is -2.33. The molecule has 0 spiro atoms. The number of aliphatic hydroxyl groups is 1. The second-order valence-electron chi connectivity index (χ2n) is 6.60. The van der Waals surface area contributed by atoms with Crippen LogP contribution in [0.5, 0.6) is 0 Å². The molecule has 1 aromatic carbocycles. The molecule has 1 atom stereocenters. The summed E-state index contributed by atoms with van der Waals surface area (Å²) in [7, 11) is 0. The molecule has 0 aromatic heterocycles. The molecule has 1 aromatic rings. The van der Waals surface area contributed by atoms with Crippen LogP contribution in [0.2, 0.25) is 0 Å². The average molecular weight is 346 g/mol. The van der Waals surface area contributed by atoms with Crippen LogP contribution in [0.4, 0.5) is 0 Å². The van der Waals surface area contributed by atoms with Crippen LogP contribution in [0.25, 0.3) is 0 Å². The first-order valence-electron chi connectivity index (χ1n) is 9.54. The molecule has 25 heavy (non-hydrogen) atoms. The molecule has 0 aliphatic carbocycles. The highest BCUT2D eigenvalue weighted by molar-refractivity contribution is 5.39. The van der Waals surface area contributed by atoms with Crippen molar-refractivity contribution in [3.05, 3.63) is 55.2 Å². The van der Waals surface area contributed by atoms with Crippen LogP contribution in [0.15, 0.2) is 30.3 Å². The highest BCUT2D eigenvalue weighted by Crippen LogP contribution is 2.31. The maximum atomic E-state index is 11.1. The van der Waals surface area contributed by atoms with Gasteiger partial charge in [-0.1, -0.05) is 69.9 Å². The smallest absolute Gasteiger partial charge is 0.293 e. The van der Waals surface area contributed by atoms with E-state index >= 15 is 0 Å². The van der Waals surface area contributed by atoms with Gasteiger partial charge in [0.1, 0.15) is 5.60 Å². The van der Waals surface area contributed by atoms with Gasteiger partial charge in [-0.2, -0.15) is 0 Å². The molecule has 3 nitrogen and oxygen atoms in total. The van der Waals surface area contributed by atoms with Gasteiger partial charge in [0.15, 0.2) is 0 Å². The number of carbonyl (C=O) groups excluding carboxylic acids is 1. The molecule has 1 unspecified atom stereocenters. The van der Waals surface area contributed by atoms with E-state index in [1.54, 1.807) is 6.42 Å². The summed E-state index contributed by atoms with van der Waals surface area (Å²) in [4.78, 5) is 11.1. The van der Waals surface area contributed by atoms with Crippen molar-refractivity contribution in [1.82, 2.24) is 0 Å². The molecule has 3 heteroatoms. The van der Waals surface area contributed by atoms with Gasteiger partial charge in [0, 0.05) is 6.42 Å². The van der Waals surface area contributed by atoms with E-state index in [0.717, 1.165) is 56.9 Å². The second kappa shape index (κ2) is 12.9. The van der Waals surface area contributed by atoms with Gasteiger partial charge in [0.2, 0.25) is 0 Å². The van der Waals surface area contributed by atoms with Gasteiger partial charge in [0.25, 0.3) is 6.47 Å². The highest BCUT2D eigenvalue weighted by atomic mass is 16.5. The molecular formula is C22H33O3. The molecule has 0 amide bonds. The molecule has 1 N–H and O–H groups in total. The number of hydrogen-bond acceptors (Lipinski definition) is 3. The summed E-state index contributed by atoms with van der Waals surface area (Å²) in [6, 6.07) is 9.53. The zero-order chi connectivity index (χ0) is 18.4. The standard InChI is InChI=1S/C22H33O3/c1-3-5-10-16-22(25-19-23,17-11-6-4-2)18-12-15-21(24)20-13-8-7-9-14-20/h7-9,12-15,18-19,21,24H,3-6,10-11,16-17H2,1-2H3. The Labute approximate surface area is 153 Å². The van der Waals surface area contributed by atoms with Crippen LogP contribution < -0.4 is 0 Å². The van der Waals surface area contributed by atoms with Gasteiger partial charge >= 0.3 is 0 Å². The third-order valence-corrected chi connectivity index (χ3v) is 4.52. The summed E-state index contributed by atoms with van der Waals surface area (Å²) < 4.78 is 5.54. The zero-order valence-electron chi connectivity index (χ0n) is 15.7. The summed E-state index contributed by atoms with van der Waals surface area (Å²) >= 11 is 0. The number of carbonyl (C=O) groups is 1. The highest BCUT2D eigenvalue weighted by Gasteiger charge is 2.31. The minimum Gasteiger partial charge on any atom is -0.461 e. The van der Waals surface area contributed by atoms with Gasteiger partial charge < -0.3 is 9.84 Å². The largest absolute Gasteiger partial charge is 0.461 e. The predicted molar refractivity (Wildman–Crippen MR) is 102 cm³/mol. The Hall–Kier alpha value is -1.35. The third-order valence-electron chi connectivity index (χ3n) is 4.52. The van der Waals surface area contributed by atoms with Crippen molar-refractivity contribution in [1.29, 1.82) is 0 Å². The number of hydrogen-bond donors (Lipinski definition) is 1. The fourth-order valence-electron chi connectivity index (χ4n) is 2.99. The van der Waals surface area contributed by atoms with Crippen molar-refractivity contribution in [2.24, 2.45) is 0 Å². The first-order chi connectivity index (χ1) is 12.2. The molecule has 0 fully saturated rings. The molecule has 3 radical (unpaired) electrons. The Morgan fingerprint density at radius 2 is 1.64 bits per heavy atom. The fourth-order valence-corrected chi connectivity index (χ4v) is 2.99. The first kappa shape index (κ1) is 21.7. The number of rotatable bonds is 15. The van der Waals surface area contributed by atoms with Crippen molar-refractivity contribution in [2.75, 3.05) is 0 Å². The van der Waals surface area contributed by atoms with Crippen LogP contribution in [0.3, 0.4) is 0 Å². The second-order valence-corrected chi connectivity index (χ2v) is 6.60. The van der Waals surface area contributed by atoms with Gasteiger partial charge in [-0.3, -0.25) is 4.79 Å². The molecule has 139 valence electrons. The maximum absolute atomic E-state index is 11.1. The van der Waals surface area contributed by atoms with Crippen molar-refractivity contribution in [3.8, 4) is 0 Å². The lowest BCUT2D eigenvalue weighted by molar-refractivity contribution is -0.141. The van der Waals surface area contributed by atoms with Crippen LogP contribution >= 0.6 is 0 Å². The molecule has 0 bridgehead atoms. The Bertz CT molecular complexity index is 434. The summed E-state index contributed by atoms with van der Waals surface area (Å²) in [6.45, 7) is 4.90. The Kier molecular flexibility index (Phi) is 11.2. The number of aliphatic hydroxyl groups excluding tert-OH is 1. The third kappa shape index (κ3) is 8.53. The van der Waals surface area contributed by atoms with Crippen LogP contribution in [-0.2, 0) is 9.53 Å². The average Bonchev–Trinajstić information content (AvgIpc) is 2.63. The van der Waals surface area contributed by atoms with Crippen LogP contribution in [0.1, 0.15) is 76.9 Å². The fraction of sp³-hybridized carbons (Fsp3) is 0.545. The lowest BCUT2D eigenvalue weighted by Gasteiger charge is -2.32. The topological polar surface area (TPSA) is 46.5 Å². The van der Waals surface area contributed by atoms with Crippen molar-refractivity contribution >= 4 is 6.47 Å². The Morgan fingerprint density at radius 1 is 1.04 bits per heavy atom. The zero-order valence-corrected chi connectivity index (χ0v) is 15.7. The van der Waals surface area contributed by atoms with E-state index in [4.69, 9.17) is 4.74 Å². The van der Waals surface area contributed by atoms with E-state index in [9.17, 15) is 9.90 Å². The van der Waals surface area contributed by atoms with E-state index in [-0.39, 0.29) is 0 Å². The van der Waals surface area contributed by atoms with E-state index in [0.29, 0.717) is 6.47 Å². The van der Waals surface area contributed by atoms with Crippen molar-refractivity contribution in [3.63, 3.8) is 0 Å². The normalized spacial score (nSPS) is 12.8. The number of ether oxygens (including phenoxy) is 1. The minimum absolute atomic E-state index is 0.557. The summed E-state index contributed by atoms with van der Waals surface area (Å²) in [5.41, 5.74) is 0.296. The molecule has 0 heterocycles. The van der Waals surface area contributed by atoms with Crippen LogP contribution in [-0.4, -0.2) is 17.2 Å². The van der Waals surface area contributed by atoms with Gasteiger partial charge in [-0.05, 0) is 44.1 Å². The van der Waals surface area contributed by atoms with Gasteiger partial charge in [0.05, 0.1) is 6.10 Å². The number of benzene rings is 1. The molecule has 0 aliphatic rings. The maximum Gasteiger partial charge on any atom is 0.293 e. The van der Waals surface area contributed by atoms with Gasteiger partial charge in [-0.25, -0.2) is 0 Å². The lowest BCUT2D eigenvalue weighted by atomic mass is 9.84. The molecular weight excluding hydrogens is 312 g/mol. The van der Waals surface area contributed by atoms with E-state index in [2.05, 4.69) is 13.8 Å². The summed E-state index contributed by atoms with van der Waals surface area (Å²) in [5.74, 6) is 0. The Morgan fingerprint density at radius 3 is 2.16 bits per heavy atom. The van der Waals surface area contributed by atoms with E-state index in [1.807, 2.05) is 43.2 Å². The SMILES string of the molecule is CCCCCC([CH][CH][CH]C(O)c1ccccc1)(CCCCC)OC=O. The van der Waals surface area contributed by atoms with Crippen molar-refractivity contribution < 1.29 is 14.6 Å². The quantitative estimate of drug-likeness (QED) is 0.342.